The molecule has 0 unspecified atom stereocenters. The number of nitrogens with zero attached hydrogens (tertiary/aromatic N) is 1. The van der Waals surface area contributed by atoms with E-state index >= 15 is 0 Å². The van der Waals surface area contributed by atoms with E-state index in [-0.39, 0.29) is 6.61 Å². The van der Waals surface area contributed by atoms with E-state index in [1.165, 1.54) is 0 Å². The molecule has 5 nitrogen and oxygen atoms in total. The van der Waals surface area contributed by atoms with Gasteiger partial charge in [0.1, 0.15) is 29.7 Å². The third kappa shape index (κ3) is 3.83. The van der Waals surface area contributed by atoms with Crippen LogP contribution in [0.3, 0.4) is 0 Å². The van der Waals surface area contributed by atoms with Gasteiger partial charge in [0, 0.05) is 23.4 Å². The van der Waals surface area contributed by atoms with Crippen molar-refractivity contribution in [3.8, 4) is 11.5 Å². The van der Waals surface area contributed by atoms with Gasteiger partial charge in [-0.1, -0.05) is 32.0 Å². The Morgan fingerprint density at radius 2 is 1.84 bits per heavy atom. The van der Waals surface area contributed by atoms with Gasteiger partial charge in [0.05, 0.1) is 12.6 Å². The number of fused-ring (bicyclic) bond motifs is 2. The van der Waals surface area contributed by atoms with Crippen LogP contribution in [0.4, 0.5) is 0 Å². The molecule has 1 atom stereocenters. The lowest BCUT2D eigenvalue weighted by atomic mass is 10.1. The van der Waals surface area contributed by atoms with E-state index < -0.39 is 6.10 Å². The van der Waals surface area contributed by atoms with Crippen molar-refractivity contribution in [2.75, 3.05) is 20.3 Å². The number of aromatic nitrogens is 1. The highest BCUT2D eigenvalue weighted by Gasteiger charge is 2.15. The first kappa shape index (κ1) is 17.5. The molecule has 3 rings (SSSR count). The highest BCUT2D eigenvalue weighted by Crippen LogP contribution is 2.36. The van der Waals surface area contributed by atoms with Crippen LogP contribution in [0.2, 0.25) is 0 Å². The summed E-state index contributed by atoms with van der Waals surface area (Å²) in [6.45, 7) is 4.79. The molecule has 3 aromatic rings. The Morgan fingerprint density at radius 3 is 2.60 bits per heavy atom. The van der Waals surface area contributed by atoms with Crippen molar-refractivity contribution in [2.24, 2.45) is 0 Å². The number of hydrogen-bond acceptors (Lipinski definition) is 5. The van der Waals surface area contributed by atoms with Gasteiger partial charge in [-0.3, -0.25) is 0 Å². The minimum absolute atomic E-state index is 0.208. The fourth-order valence-electron chi connectivity index (χ4n) is 2.78. The van der Waals surface area contributed by atoms with Crippen molar-refractivity contribution in [3.63, 3.8) is 0 Å². The number of nitrogens with one attached hydrogen (secondary N) is 1. The smallest absolute Gasteiger partial charge is 0.145 e. The summed E-state index contributed by atoms with van der Waals surface area (Å²) < 4.78 is 11.5. The Hall–Kier alpha value is -2.37. The molecule has 0 radical (unpaired) electrons. The van der Waals surface area contributed by atoms with Crippen molar-refractivity contribution in [1.29, 1.82) is 0 Å². The lowest BCUT2D eigenvalue weighted by Gasteiger charge is -2.17. The summed E-state index contributed by atoms with van der Waals surface area (Å²) in [5.41, 5.74) is 1.60. The standard InChI is InChI=1S/C20H24N2O3/c1-13(2)21-11-14(23)12-25-20-15-7-4-5-9-17(15)22-19-16(20)8-6-10-18(19)24-3/h4-10,13-14,21,23H,11-12H2,1-3H3/t14-/m1/s1. The lowest BCUT2D eigenvalue weighted by molar-refractivity contribution is 0.106. The molecule has 1 aromatic heterocycles. The van der Waals surface area contributed by atoms with Crippen molar-refractivity contribution in [3.05, 3.63) is 42.5 Å². The van der Waals surface area contributed by atoms with E-state index in [2.05, 4.69) is 5.32 Å². The maximum absolute atomic E-state index is 10.2. The van der Waals surface area contributed by atoms with Gasteiger partial charge >= 0.3 is 0 Å². The van der Waals surface area contributed by atoms with Crippen LogP contribution in [-0.2, 0) is 0 Å². The first-order chi connectivity index (χ1) is 12.1. The monoisotopic (exact) mass is 340 g/mol. The predicted molar refractivity (Wildman–Crippen MR) is 100 cm³/mol. The fourth-order valence-corrected chi connectivity index (χ4v) is 2.78. The largest absolute Gasteiger partial charge is 0.494 e. The molecule has 0 fully saturated rings. The van der Waals surface area contributed by atoms with Gasteiger partial charge in [0.2, 0.25) is 0 Å². The van der Waals surface area contributed by atoms with Crippen LogP contribution in [0.25, 0.3) is 21.8 Å². The van der Waals surface area contributed by atoms with E-state index in [1.54, 1.807) is 7.11 Å². The molecule has 0 saturated carbocycles. The molecule has 0 spiro atoms. The highest BCUT2D eigenvalue weighted by atomic mass is 16.5. The predicted octanol–water partition coefficient (Wildman–Crippen LogP) is 3.13. The van der Waals surface area contributed by atoms with Gasteiger partial charge in [-0.2, -0.15) is 0 Å². The van der Waals surface area contributed by atoms with Gasteiger partial charge in [0.25, 0.3) is 0 Å². The summed E-state index contributed by atoms with van der Waals surface area (Å²) in [5.74, 6) is 1.43. The van der Waals surface area contributed by atoms with Crippen LogP contribution in [0, 0.1) is 0 Å². The molecule has 0 bridgehead atoms. The summed E-state index contributed by atoms with van der Waals surface area (Å²) >= 11 is 0. The van der Waals surface area contributed by atoms with Gasteiger partial charge in [-0.25, -0.2) is 4.98 Å². The second-order valence-corrected chi connectivity index (χ2v) is 6.34. The molecule has 132 valence electrons. The molecular weight excluding hydrogens is 316 g/mol. The number of aliphatic hydroxyl groups is 1. The van der Waals surface area contributed by atoms with Gasteiger partial charge in [-0.05, 0) is 24.3 Å². The molecule has 0 aliphatic carbocycles. The van der Waals surface area contributed by atoms with Crippen LogP contribution in [0.5, 0.6) is 11.5 Å². The average Bonchev–Trinajstić information content (AvgIpc) is 2.62. The number of para-hydroxylation sites is 2. The zero-order valence-electron chi connectivity index (χ0n) is 14.8. The Kier molecular flexibility index (Phi) is 5.36. The molecule has 5 heteroatoms. The van der Waals surface area contributed by atoms with Crippen LogP contribution in [0.1, 0.15) is 13.8 Å². The average molecular weight is 340 g/mol. The number of pyridine rings is 1. The Bertz CT molecular complexity index is 864. The second kappa shape index (κ2) is 7.68. The molecule has 0 saturated heterocycles. The zero-order chi connectivity index (χ0) is 17.8. The first-order valence-electron chi connectivity index (χ1n) is 8.50. The first-order valence-corrected chi connectivity index (χ1v) is 8.50. The fraction of sp³-hybridized carbons (Fsp3) is 0.350. The minimum atomic E-state index is -0.588. The van der Waals surface area contributed by atoms with E-state index in [0.29, 0.717) is 18.3 Å². The number of hydrogen-bond donors (Lipinski definition) is 2. The molecule has 0 aliphatic rings. The number of ether oxygens (including phenoxy) is 2. The molecule has 25 heavy (non-hydrogen) atoms. The SMILES string of the molecule is COc1cccc2c(OC[C@H](O)CNC(C)C)c3ccccc3nc12. The third-order valence-corrected chi connectivity index (χ3v) is 4.03. The summed E-state index contributed by atoms with van der Waals surface area (Å²) in [7, 11) is 1.63. The van der Waals surface area contributed by atoms with Crippen molar-refractivity contribution < 1.29 is 14.6 Å². The number of aliphatic hydroxyl groups excluding tert-OH is 1. The molecule has 0 aliphatic heterocycles. The molecule has 0 amide bonds. The summed E-state index contributed by atoms with van der Waals surface area (Å²) in [6, 6.07) is 13.9. The maximum Gasteiger partial charge on any atom is 0.145 e. The minimum Gasteiger partial charge on any atom is -0.494 e. The van der Waals surface area contributed by atoms with E-state index in [1.807, 2.05) is 56.3 Å². The number of rotatable bonds is 7. The van der Waals surface area contributed by atoms with Crippen LogP contribution >= 0.6 is 0 Å². The maximum atomic E-state index is 10.2. The number of methoxy groups -OCH3 is 1. The normalized spacial score (nSPS) is 12.7. The van der Waals surface area contributed by atoms with Gasteiger partial charge in [-0.15, -0.1) is 0 Å². The van der Waals surface area contributed by atoms with Crippen molar-refractivity contribution >= 4 is 21.8 Å². The van der Waals surface area contributed by atoms with Crippen LogP contribution in [0.15, 0.2) is 42.5 Å². The zero-order valence-corrected chi connectivity index (χ0v) is 14.8. The summed E-state index contributed by atoms with van der Waals surface area (Å²) in [5, 5.41) is 15.2. The van der Waals surface area contributed by atoms with E-state index in [9.17, 15) is 5.11 Å². The lowest BCUT2D eigenvalue weighted by Crippen LogP contribution is -2.35. The number of benzene rings is 2. The van der Waals surface area contributed by atoms with Crippen LogP contribution < -0.4 is 14.8 Å². The summed E-state index contributed by atoms with van der Waals surface area (Å²) in [6.07, 6.45) is -0.588. The van der Waals surface area contributed by atoms with Gasteiger partial charge < -0.3 is 19.9 Å². The molecule has 2 aromatic carbocycles. The van der Waals surface area contributed by atoms with Crippen molar-refractivity contribution in [1.82, 2.24) is 10.3 Å². The second-order valence-electron chi connectivity index (χ2n) is 6.34. The quantitative estimate of drug-likeness (QED) is 0.647. The third-order valence-electron chi connectivity index (χ3n) is 4.03. The molecule has 2 N–H and O–H groups in total. The van der Waals surface area contributed by atoms with Gasteiger partial charge in [0.15, 0.2) is 0 Å². The Labute approximate surface area is 147 Å². The molecule has 1 heterocycles. The van der Waals surface area contributed by atoms with Crippen molar-refractivity contribution in [2.45, 2.75) is 26.0 Å². The summed E-state index contributed by atoms with van der Waals surface area (Å²) in [4.78, 5) is 4.72. The van der Waals surface area contributed by atoms with E-state index in [4.69, 9.17) is 14.5 Å². The Balaban J connectivity index is 1.99. The van der Waals surface area contributed by atoms with E-state index in [0.717, 1.165) is 27.6 Å². The topological polar surface area (TPSA) is 63.6 Å². The van der Waals surface area contributed by atoms with Crippen LogP contribution in [-0.4, -0.2) is 42.5 Å². The molecular formula is C20H24N2O3. The Morgan fingerprint density at radius 1 is 1.08 bits per heavy atom. The highest BCUT2D eigenvalue weighted by molar-refractivity contribution is 6.02.